The van der Waals surface area contributed by atoms with E-state index in [0.29, 0.717) is 6.54 Å². The first-order valence-electron chi connectivity index (χ1n) is 6.67. The van der Waals surface area contributed by atoms with E-state index in [1.807, 2.05) is 13.0 Å². The highest BCUT2D eigenvalue weighted by molar-refractivity contribution is 5.50. The lowest BCUT2D eigenvalue weighted by molar-refractivity contribution is 0.122. The molecule has 0 saturated carbocycles. The number of hydrogen-bond donors (Lipinski definition) is 2. The monoisotopic (exact) mass is 265 g/mol. The average molecular weight is 265 g/mol. The van der Waals surface area contributed by atoms with Crippen LogP contribution in [0.2, 0.25) is 0 Å². The number of aryl methyl sites for hydroxylation is 1. The molecule has 0 aromatic carbocycles. The molecule has 0 spiro atoms. The van der Waals surface area contributed by atoms with Gasteiger partial charge in [0.1, 0.15) is 17.5 Å². The van der Waals surface area contributed by atoms with Gasteiger partial charge in [0.15, 0.2) is 0 Å². The van der Waals surface area contributed by atoms with Crippen molar-refractivity contribution in [2.45, 2.75) is 26.3 Å². The fraction of sp³-hybridized carbons (Fsp3) is 0.692. The van der Waals surface area contributed by atoms with Crippen LogP contribution in [0.25, 0.3) is 0 Å². The van der Waals surface area contributed by atoms with Gasteiger partial charge in [-0.3, -0.25) is 0 Å². The smallest absolute Gasteiger partial charge is 0.134 e. The lowest BCUT2D eigenvalue weighted by Gasteiger charge is -2.29. The van der Waals surface area contributed by atoms with Crippen molar-refractivity contribution < 1.29 is 4.74 Å². The molecule has 1 fully saturated rings. The molecule has 1 aliphatic heterocycles. The lowest BCUT2D eigenvalue weighted by Crippen LogP contribution is -2.40. The molecule has 1 aromatic heterocycles. The van der Waals surface area contributed by atoms with Crippen molar-refractivity contribution in [1.82, 2.24) is 9.97 Å². The van der Waals surface area contributed by atoms with E-state index in [9.17, 15) is 0 Å². The third kappa shape index (κ3) is 3.78. The Balaban J connectivity index is 2.19. The largest absolute Gasteiger partial charge is 0.378 e. The van der Waals surface area contributed by atoms with Crippen LogP contribution in [0, 0.1) is 6.92 Å². The lowest BCUT2D eigenvalue weighted by atomic mass is 10.1. The molecule has 0 radical (unpaired) electrons. The van der Waals surface area contributed by atoms with Gasteiger partial charge in [0, 0.05) is 31.2 Å². The fourth-order valence-corrected chi connectivity index (χ4v) is 1.97. The maximum atomic E-state index is 5.74. The van der Waals surface area contributed by atoms with Gasteiger partial charge in [0.25, 0.3) is 0 Å². The van der Waals surface area contributed by atoms with E-state index < -0.39 is 0 Å². The van der Waals surface area contributed by atoms with Gasteiger partial charge in [-0.1, -0.05) is 0 Å². The Morgan fingerprint density at radius 3 is 2.68 bits per heavy atom. The van der Waals surface area contributed by atoms with Crippen LogP contribution < -0.4 is 16.0 Å². The molecule has 1 saturated heterocycles. The van der Waals surface area contributed by atoms with Crippen molar-refractivity contribution in [2.24, 2.45) is 5.73 Å². The summed E-state index contributed by atoms with van der Waals surface area (Å²) in [6.07, 6.45) is 0. The van der Waals surface area contributed by atoms with E-state index in [4.69, 9.17) is 10.5 Å². The third-order valence-corrected chi connectivity index (χ3v) is 3.14. The van der Waals surface area contributed by atoms with Crippen LogP contribution in [0.4, 0.5) is 11.6 Å². The number of morpholine rings is 1. The minimum atomic E-state index is -0.178. The van der Waals surface area contributed by atoms with Crippen LogP contribution in [-0.4, -0.2) is 48.4 Å². The van der Waals surface area contributed by atoms with Crippen molar-refractivity contribution in [3.05, 3.63) is 11.9 Å². The highest BCUT2D eigenvalue weighted by Crippen LogP contribution is 2.19. The average Bonchev–Trinajstić information content (AvgIpc) is 2.38. The molecule has 3 N–H and O–H groups in total. The Bertz CT molecular complexity index is 429. The third-order valence-electron chi connectivity index (χ3n) is 3.14. The molecule has 2 heterocycles. The Morgan fingerprint density at radius 1 is 1.37 bits per heavy atom. The number of ether oxygens (including phenoxy) is 1. The molecule has 106 valence electrons. The summed E-state index contributed by atoms with van der Waals surface area (Å²) in [6.45, 7) is 9.80. The van der Waals surface area contributed by atoms with Gasteiger partial charge < -0.3 is 20.7 Å². The van der Waals surface area contributed by atoms with Gasteiger partial charge in [-0.25, -0.2) is 9.97 Å². The summed E-state index contributed by atoms with van der Waals surface area (Å²) in [4.78, 5) is 11.1. The van der Waals surface area contributed by atoms with Crippen molar-refractivity contribution in [3.8, 4) is 0 Å². The van der Waals surface area contributed by atoms with E-state index in [-0.39, 0.29) is 5.54 Å². The number of rotatable bonds is 4. The van der Waals surface area contributed by atoms with Crippen LogP contribution in [-0.2, 0) is 4.74 Å². The van der Waals surface area contributed by atoms with Crippen molar-refractivity contribution in [1.29, 1.82) is 0 Å². The van der Waals surface area contributed by atoms with E-state index in [1.54, 1.807) is 0 Å². The molecule has 6 heteroatoms. The van der Waals surface area contributed by atoms with Gasteiger partial charge in [0.05, 0.1) is 13.2 Å². The predicted octanol–water partition coefficient (Wildman–Crippen LogP) is 0.771. The van der Waals surface area contributed by atoms with E-state index in [1.165, 1.54) is 0 Å². The molecule has 1 aliphatic rings. The number of anilines is 2. The molecule has 0 aliphatic carbocycles. The molecular formula is C13H23N5O. The maximum absolute atomic E-state index is 5.74. The summed E-state index contributed by atoms with van der Waals surface area (Å²) in [7, 11) is 0. The predicted molar refractivity (Wildman–Crippen MR) is 76.6 cm³/mol. The van der Waals surface area contributed by atoms with Crippen LogP contribution in [0.1, 0.15) is 19.7 Å². The van der Waals surface area contributed by atoms with Crippen molar-refractivity contribution in [3.63, 3.8) is 0 Å². The molecule has 0 bridgehead atoms. The number of nitrogens with zero attached hydrogens (tertiary/aromatic N) is 3. The standard InChI is InChI=1S/C13H23N5O/c1-10-15-11(17-13(2,3)9-14)8-12(16-10)18-4-6-19-7-5-18/h8H,4-7,9,14H2,1-3H3,(H,15,16,17). The van der Waals surface area contributed by atoms with Gasteiger partial charge >= 0.3 is 0 Å². The fourth-order valence-electron chi connectivity index (χ4n) is 1.97. The second-order valence-corrected chi connectivity index (χ2v) is 5.47. The minimum absolute atomic E-state index is 0.178. The summed E-state index contributed by atoms with van der Waals surface area (Å²) >= 11 is 0. The summed E-state index contributed by atoms with van der Waals surface area (Å²) < 4.78 is 5.36. The minimum Gasteiger partial charge on any atom is -0.378 e. The zero-order valence-electron chi connectivity index (χ0n) is 11.9. The van der Waals surface area contributed by atoms with Crippen molar-refractivity contribution in [2.75, 3.05) is 43.1 Å². The van der Waals surface area contributed by atoms with E-state index in [0.717, 1.165) is 43.8 Å². The first-order chi connectivity index (χ1) is 9.00. The van der Waals surface area contributed by atoms with Gasteiger partial charge in [-0.05, 0) is 20.8 Å². The zero-order valence-corrected chi connectivity index (χ0v) is 11.9. The quantitative estimate of drug-likeness (QED) is 0.837. The zero-order chi connectivity index (χ0) is 13.9. The Kier molecular flexibility index (Phi) is 4.21. The molecule has 0 unspecified atom stereocenters. The van der Waals surface area contributed by atoms with Crippen molar-refractivity contribution >= 4 is 11.6 Å². The Labute approximate surface area is 114 Å². The number of hydrogen-bond acceptors (Lipinski definition) is 6. The second-order valence-electron chi connectivity index (χ2n) is 5.47. The SMILES string of the molecule is Cc1nc(NC(C)(C)CN)cc(N2CCOCC2)n1. The second kappa shape index (κ2) is 5.71. The van der Waals surface area contributed by atoms with Crippen LogP contribution in [0.15, 0.2) is 6.07 Å². The number of nitrogens with one attached hydrogen (secondary N) is 1. The first kappa shape index (κ1) is 14.0. The topological polar surface area (TPSA) is 76.3 Å². The molecule has 0 atom stereocenters. The summed E-state index contributed by atoms with van der Waals surface area (Å²) in [5.41, 5.74) is 5.56. The van der Waals surface area contributed by atoms with Crippen LogP contribution >= 0.6 is 0 Å². The first-order valence-corrected chi connectivity index (χ1v) is 6.67. The normalized spacial score (nSPS) is 16.5. The maximum Gasteiger partial charge on any atom is 0.134 e. The molecule has 0 amide bonds. The molecule has 1 aromatic rings. The summed E-state index contributed by atoms with van der Waals surface area (Å²) in [5.74, 6) is 2.54. The van der Waals surface area contributed by atoms with Gasteiger partial charge in [0.2, 0.25) is 0 Å². The van der Waals surface area contributed by atoms with E-state index in [2.05, 4.69) is 34.0 Å². The number of nitrogens with two attached hydrogens (primary N) is 1. The highest BCUT2D eigenvalue weighted by atomic mass is 16.5. The molecule has 6 nitrogen and oxygen atoms in total. The Hall–Kier alpha value is -1.40. The molecule has 2 rings (SSSR count). The van der Waals surface area contributed by atoms with Crippen LogP contribution in [0.3, 0.4) is 0 Å². The highest BCUT2D eigenvalue weighted by Gasteiger charge is 2.18. The number of aromatic nitrogens is 2. The van der Waals surface area contributed by atoms with Crippen LogP contribution in [0.5, 0.6) is 0 Å². The summed E-state index contributed by atoms with van der Waals surface area (Å²) in [5, 5.41) is 3.35. The van der Waals surface area contributed by atoms with E-state index >= 15 is 0 Å². The van der Waals surface area contributed by atoms with Gasteiger partial charge in [-0.15, -0.1) is 0 Å². The van der Waals surface area contributed by atoms with Gasteiger partial charge in [-0.2, -0.15) is 0 Å². The molecular weight excluding hydrogens is 242 g/mol. The summed E-state index contributed by atoms with van der Waals surface area (Å²) in [6, 6.07) is 1.98. The molecule has 19 heavy (non-hydrogen) atoms. The Morgan fingerprint density at radius 2 is 2.05 bits per heavy atom.